The third-order valence-electron chi connectivity index (χ3n) is 5.14. The topological polar surface area (TPSA) is 179 Å². The van der Waals surface area contributed by atoms with E-state index in [1.54, 1.807) is 10.9 Å². The molecule has 0 spiro atoms. The molecule has 0 amide bonds. The smallest absolute Gasteiger partial charge is 0.382 e. The van der Waals surface area contributed by atoms with Crippen molar-refractivity contribution in [3.05, 3.63) is 48.5 Å². The molecule has 3 heterocycles. The lowest BCUT2D eigenvalue weighted by Crippen LogP contribution is -2.35. The Labute approximate surface area is 195 Å². The average Bonchev–Trinajstić information content (AvgIpc) is 3.46. The van der Waals surface area contributed by atoms with Crippen LogP contribution in [-0.2, 0) is 34.6 Å². The molecule has 1 fully saturated rings. The minimum absolute atomic E-state index is 0.117. The molecule has 0 bridgehead atoms. The molecule has 4 rings (SSSR count). The highest BCUT2D eigenvalue weighted by atomic mass is 31.2. The number of nitrogen functional groups attached to an aromatic ring is 1. The van der Waals surface area contributed by atoms with Crippen molar-refractivity contribution in [1.82, 2.24) is 25.0 Å². The number of nitrogens with zero attached hydrogens (tertiary/aromatic N) is 4. The van der Waals surface area contributed by atoms with E-state index < -0.39 is 25.9 Å². The highest BCUT2D eigenvalue weighted by Gasteiger charge is 2.32. The monoisotopic (exact) mass is 491 g/mol. The number of hydrogen-bond donors (Lipinski definition) is 3. The second-order valence-corrected chi connectivity index (χ2v) is 9.25. The van der Waals surface area contributed by atoms with Crippen molar-refractivity contribution in [2.24, 2.45) is 5.50 Å². The number of imidazole rings is 1. The van der Waals surface area contributed by atoms with Crippen molar-refractivity contribution in [3.8, 4) is 0 Å². The Bertz CT molecular complexity index is 1180. The lowest BCUT2D eigenvalue weighted by molar-refractivity contribution is -0.142. The number of carbonyl (C=O) groups excluding carboxylic acids is 1. The van der Waals surface area contributed by atoms with Gasteiger partial charge < -0.3 is 15.0 Å². The van der Waals surface area contributed by atoms with E-state index >= 15 is 0 Å². The largest absolute Gasteiger partial charge is 0.458 e. The molecule has 14 heteroatoms. The third-order valence-corrected chi connectivity index (χ3v) is 6.08. The molecule has 1 unspecified atom stereocenters. The van der Waals surface area contributed by atoms with Crippen molar-refractivity contribution >= 4 is 30.7 Å². The van der Waals surface area contributed by atoms with Gasteiger partial charge in [-0.2, -0.15) is 5.48 Å². The first-order chi connectivity index (χ1) is 16.3. The van der Waals surface area contributed by atoms with Crippen molar-refractivity contribution in [3.63, 3.8) is 0 Å². The van der Waals surface area contributed by atoms with Gasteiger partial charge in [0.1, 0.15) is 24.1 Å². The van der Waals surface area contributed by atoms with Gasteiger partial charge in [-0.1, -0.05) is 30.3 Å². The first kappa shape index (κ1) is 24.2. The van der Waals surface area contributed by atoms with Gasteiger partial charge in [-0.3, -0.25) is 13.9 Å². The summed E-state index contributed by atoms with van der Waals surface area (Å²) in [4.78, 5) is 29.8. The molecule has 0 saturated carbocycles. The van der Waals surface area contributed by atoms with Gasteiger partial charge in [-0.25, -0.2) is 29.8 Å². The zero-order chi connectivity index (χ0) is 24.1. The minimum Gasteiger partial charge on any atom is -0.382 e. The molecule has 3 aromatic rings. The van der Waals surface area contributed by atoms with Crippen LogP contribution < -0.4 is 16.7 Å². The predicted molar refractivity (Wildman–Crippen MR) is 121 cm³/mol. The fraction of sp³-hybridized carbons (Fsp3) is 0.400. The number of fused-ring (bicyclic) bond motifs is 1. The van der Waals surface area contributed by atoms with Crippen LogP contribution in [0.4, 0.5) is 5.82 Å². The van der Waals surface area contributed by atoms with Gasteiger partial charge in [0.2, 0.25) is 0 Å². The quantitative estimate of drug-likeness (QED) is 0.277. The van der Waals surface area contributed by atoms with Crippen LogP contribution in [0.15, 0.2) is 43.0 Å². The minimum atomic E-state index is -4.15. The summed E-state index contributed by atoms with van der Waals surface area (Å²) in [6.07, 6.45) is 3.39. The van der Waals surface area contributed by atoms with Gasteiger partial charge in [0.15, 0.2) is 11.5 Å². The van der Waals surface area contributed by atoms with Crippen LogP contribution in [0.25, 0.3) is 11.2 Å². The summed E-state index contributed by atoms with van der Waals surface area (Å²) in [7, 11) is -4.15. The van der Waals surface area contributed by atoms with E-state index in [0.717, 1.165) is 5.56 Å². The van der Waals surface area contributed by atoms with Gasteiger partial charge in [0.25, 0.3) is 0 Å². The van der Waals surface area contributed by atoms with Crippen LogP contribution in [-0.4, -0.2) is 44.2 Å². The standard InChI is InChI=1S/C20H26N7O6P/c1-13(26-30-9-14-5-3-2-4-6-14)20(28)33-34(22,29)31-10-15-7-8-16(32-15)27-12-25-17-18(21)23-11-24-19(17)27/h2-6,11-13,15-16,26H,7-10H2,1H3,(H2,22,29)(H2,21,23,24)/t13-,15-,16+,34?/m0/s1. The van der Waals surface area contributed by atoms with Crippen LogP contribution in [0.2, 0.25) is 0 Å². The second kappa shape index (κ2) is 10.6. The van der Waals surface area contributed by atoms with Crippen LogP contribution in [0.5, 0.6) is 0 Å². The highest BCUT2D eigenvalue weighted by Crippen LogP contribution is 2.41. The summed E-state index contributed by atoms with van der Waals surface area (Å²) in [6, 6.07) is 8.46. The molecular weight excluding hydrogens is 465 g/mol. The number of nitrogens with two attached hydrogens (primary N) is 2. The molecule has 4 atom stereocenters. The van der Waals surface area contributed by atoms with E-state index in [9.17, 15) is 9.36 Å². The SMILES string of the molecule is C[C@H](NOCc1ccccc1)C(=O)OP(N)(=O)OC[C@@H]1CC[C@H](n2cnc3c(N)ncnc32)O1. The van der Waals surface area contributed by atoms with Crippen LogP contribution in [0.3, 0.4) is 0 Å². The van der Waals surface area contributed by atoms with Crippen molar-refractivity contribution in [2.75, 3.05) is 12.3 Å². The van der Waals surface area contributed by atoms with Gasteiger partial charge in [0, 0.05) is 0 Å². The Hall–Kier alpha value is -2.93. The van der Waals surface area contributed by atoms with Crippen LogP contribution in [0.1, 0.15) is 31.6 Å². The zero-order valence-corrected chi connectivity index (χ0v) is 19.3. The number of anilines is 1. The molecule has 5 N–H and O–H groups in total. The third kappa shape index (κ3) is 5.95. The summed E-state index contributed by atoms with van der Waals surface area (Å²) in [5.41, 5.74) is 15.9. The summed E-state index contributed by atoms with van der Waals surface area (Å²) >= 11 is 0. The van der Waals surface area contributed by atoms with E-state index in [2.05, 4.69) is 20.4 Å². The summed E-state index contributed by atoms with van der Waals surface area (Å²) < 4.78 is 30.2. The molecule has 0 radical (unpaired) electrons. The molecular formula is C20H26N7O6P. The maximum atomic E-state index is 12.4. The number of carbonyl (C=O) groups is 1. The number of hydroxylamine groups is 1. The Balaban J connectivity index is 1.22. The van der Waals surface area contributed by atoms with Crippen molar-refractivity contribution in [1.29, 1.82) is 0 Å². The fourth-order valence-corrected chi connectivity index (χ4v) is 4.22. The summed E-state index contributed by atoms with van der Waals surface area (Å²) in [6.45, 7) is 1.61. The Morgan fingerprint density at radius 1 is 1.29 bits per heavy atom. The molecule has 1 aliphatic rings. The predicted octanol–water partition coefficient (Wildman–Crippen LogP) is 1.82. The number of hydrogen-bond acceptors (Lipinski definition) is 11. The van der Waals surface area contributed by atoms with E-state index in [1.807, 2.05) is 30.3 Å². The Kier molecular flexibility index (Phi) is 7.51. The van der Waals surface area contributed by atoms with E-state index in [0.29, 0.717) is 24.0 Å². The number of aromatic nitrogens is 4. The lowest BCUT2D eigenvalue weighted by Gasteiger charge is -2.19. The van der Waals surface area contributed by atoms with Crippen LogP contribution in [0, 0.1) is 0 Å². The second-order valence-electron chi connectivity index (χ2n) is 7.73. The molecule has 1 aliphatic heterocycles. The van der Waals surface area contributed by atoms with Gasteiger partial charge in [0.05, 0.1) is 25.6 Å². The number of benzene rings is 1. The van der Waals surface area contributed by atoms with Crippen LogP contribution >= 0.6 is 7.75 Å². The molecule has 182 valence electrons. The maximum absolute atomic E-state index is 12.4. The van der Waals surface area contributed by atoms with E-state index in [-0.39, 0.29) is 25.3 Å². The van der Waals surface area contributed by atoms with E-state index in [1.165, 1.54) is 13.3 Å². The average molecular weight is 491 g/mol. The molecule has 2 aromatic heterocycles. The van der Waals surface area contributed by atoms with E-state index in [4.69, 9.17) is 29.9 Å². The van der Waals surface area contributed by atoms with Gasteiger partial charge in [-0.15, -0.1) is 0 Å². The molecule has 1 saturated heterocycles. The number of ether oxygens (including phenoxy) is 1. The first-order valence-corrected chi connectivity index (χ1v) is 12.2. The number of rotatable bonds is 10. The van der Waals surface area contributed by atoms with Crippen molar-refractivity contribution in [2.45, 2.75) is 44.7 Å². The van der Waals surface area contributed by atoms with Gasteiger partial charge >= 0.3 is 13.7 Å². The normalized spacial score (nSPS) is 20.8. The molecule has 0 aliphatic carbocycles. The van der Waals surface area contributed by atoms with Gasteiger partial charge in [-0.05, 0) is 25.3 Å². The zero-order valence-electron chi connectivity index (χ0n) is 18.4. The molecule has 34 heavy (non-hydrogen) atoms. The lowest BCUT2D eigenvalue weighted by atomic mass is 10.2. The maximum Gasteiger partial charge on any atom is 0.458 e. The summed E-state index contributed by atoms with van der Waals surface area (Å²) in [5.74, 6) is -0.590. The molecule has 1 aromatic carbocycles. The Morgan fingerprint density at radius 3 is 2.88 bits per heavy atom. The number of nitrogens with one attached hydrogen (secondary N) is 1. The fourth-order valence-electron chi connectivity index (χ4n) is 3.38. The first-order valence-electron chi connectivity index (χ1n) is 10.6. The molecule has 13 nitrogen and oxygen atoms in total. The Morgan fingerprint density at radius 2 is 2.09 bits per heavy atom. The summed E-state index contributed by atoms with van der Waals surface area (Å²) in [5, 5.41) is 0. The van der Waals surface area contributed by atoms with Crippen molar-refractivity contribution < 1.29 is 28.0 Å². The highest BCUT2D eigenvalue weighted by molar-refractivity contribution is 7.51.